The molecular formula is C13H21NO2. The molecule has 0 aliphatic heterocycles. The van der Waals surface area contributed by atoms with Crippen molar-refractivity contribution in [2.24, 2.45) is 11.7 Å². The molecule has 0 radical (unpaired) electrons. The maximum absolute atomic E-state index is 5.91. The third-order valence-corrected chi connectivity index (χ3v) is 2.51. The summed E-state index contributed by atoms with van der Waals surface area (Å²) in [4.78, 5) is 0. The lowest BCUT2D eigenvalue weighted by atomic mass is 10.1. The Morgan fingerprint density at radius 3 is 2.69 bits per heavy atom. The fourth-order valence-corrected chi connectivity index (χ4v) is 1.28. The molecule has 0 aromatic heterocycles. The van der Waals surface area contributed by atoms with E-state index >= 15 is 0 Å². The van der Waals surface area contributed by atoms with Crippen LogP contribution in [0, 0.1) is 5.92 Å². The number of ether oxygens (including phenoxy) is 2. The SMILES string of the molecule is COCc1cccc(OCC(N)C(C)C)c1. The molecule has 2 N–H and O–H groups in total. The molecule has 1 aromatic carbocycles. The summed E-state index contributed by atoms with van der Waals surface area (Å²) in [7, 11) is 1.68. The van der Waals surface area contributed by atoms with Crippen molar-refractivity contribution >= 4 is 0 Å². The highest BCUT2D eigenvalue weighted by atomic mass is 16.5. The first-order chi connectivity index (χ1) is 7.63. The fourth-order valence-electron chi connectivity index (χ4n) is 1.28. The van der Waals surface area contributed by atoms with Gasteiger partial charge in [0, 0.05) is 13.2 Å². The molecule has 3 heteroatoms. The summed E-state index contributed by atoms with van der Waals surface area (Å²) >= 11 is 0. The Hall–Kier alpha value is -1.06. The first kappa shape index (κ1) is 13.0. The van der Waals surface area contributed by atoms with Crippen molar-refractivity contribution in [3.63, 3.8) is 0 Å². The van der Waals surface area contributed by atoms with Crippen molar-refractivity contribution < 1.29 is 9.47 Å². The molecule has 1 aromatic rings. The number of hydrogen-bond donors (Lipinski definition) is 1. The molecular weight excluding hydrogens is 202 g/mol. The summed E-state index contributed by atoms with van der Waals surface area (Å²) in [6.45, 7) is 5.34. The molecule has 3 nitrogen and oxygen atoms in total. The van der Waals surface area contributed by atoms with Crippen LogP contribution in [0.15, 0.2) is 24.3 Å². The number of benzene rings is 1. The summed E-state index contributed by atoms with van der Waals surface area (Å²) in [6, 6.07) is 7.97. The molecule has 0 saturated carbocycles. The van der Waals surface area contributed by atoms with Gasteiger partial charge in [-0.05, 0) is 23.6 Å². The lowest BCUT2D eigenvalue weighted by Crippen LogP contribution is -2.32. The molecule has 90 valence electrons. The van der Waals surface area contributed by atoms with Gasteiger partial charge in [0.05, 0.1) is 6.61 Å². The van der Waals surface area contributed by atoms with Gasteiger partial charge in [-0.3, -0.25) is 0 Å². The zero-order valence-electron chi connectivity index (χ0n) is 10.3. The Balaban J connectivity index is 2.50. The molecule has 1 atom stereocenters. The first-order valence-corrected chi connectivity index (χ1v) is 5.59. The van der Waals surface area contributed by atoms with Gasteiger partial charge >= 0.3 is 0 Å². The highest BCUT2D eigenvalue weighted by Crippen LogP contribution is 2.14. The Kier molecular flexibility index (Phi) is 5.29. The fraction of sp³-hybridized carbons (Fsp3) is 0.538. The number of methoxy groups -OCH3 is 1. The van der Waals surface area contributed by atoms with Gasteiger partial charge < -0.3 is 15.2 Å². The summed E-state index contributed by atoms with van der Waals surface area (Å²) in [5.74, 6) is 1.29. The second-order valence-corrected chi connectivity index (χ2v) is 4.30. The molecule has 0 bridgehead atoms. The average molecular weight is 223 g/mol. The van der Waals surface area contributed by atoms with E-state index in [1.165, 1.54) is 0 Å². The third kappa shape index (κ3) is 4.21. The standard InChI is InChI=1S/C13H21NO2/c1-10(2)13(14)9-16-12-6-4-5-11(7-12)8-15-3/h4-7,10,13H,8-9,14H2,1-3H3. The highest BCUT2D eigenvalue weighted by molar-refractivity contribution is 5.28. The number of rotatable bonds is 6. The van der Waals surface area contributed by atoms with E-state index in [4.69, 9.17) is 15.2 Å². The number of nitrogens with two attached hydrogens (primary N) is 1. The Labute approximate surface area is 97.6 Å². The highest BCUT2D eigenvalue weighted by Gasteiger charge is 2.08. The molecule has 16 heavy (non-hydrogen) atoms. The quantitative estimate of drug-likeness (QED) is 0.804. The second kappa shape index (κ2) is 6.51. The second-order valence-electron chi connectivity index (χ2n) is 4.30. The Bertz CT molecular complexity index is 313. The maximum atomic E-state index is 5.91. The van der Waals surface area contributed by atoms with Gasteiger partial charge in [0.15, 0.2) is 0 Å². The van der Waals surface area contributed by atoms with Crippen LogP contribution in [0.1, 0.15) is 19.4 Å². The van der Waals surface area contributed by atoms with Crippen LogP contribution < -0.4 is 10.5 Å². The van der Waals surface area contributed by atoms with Gasteiger partial charge in [-0.2, -0.15) is 0 Å². The van der Waals surface area contributed by atoms with E-state index in [0.29, 0.717) is 19.1 Å². The minimum Gasteiger partial charge on any atom is -0.492 e. The Morgan fingerprint density at radius 1 is 1.31 bits per heavy atom. The van der Waals surface area contributed by atoms with Gasteiger partial charge in [-0.15, -0.1) is 0 Å². The predicted molar refractivity (Wildman–Crippen MR) is 65.5 cm³/mol. The molecule has 0 aliphatic carbocycles. The summed E-state index contributed by atoms with van der Waals surface area (Å²) in [6.07, 6.45) is 0. The van der Waals surface area contributed by atoms with Crippen molar-refractivity contribution in [2.45, 2.75) is 26.5 Å². The van der Waals surface area contributed by atoms with E-state index in [0.717, 1.165) is 11.3 Å². The van der Waals surface area contributed by atoms with Crippen LogP contribution in [0.5, 0.6) is 5.75 Å². The molecule has 0 amide bonds. The predicted octanol–water partition coefficient (Wildman–Crippen LogP) is 2.20. The molecule has 0 spiro atoms. The molecule has 0 heterocycles. The van der Waals surface area contributed by atoms with Crippen LogP contribution in [-0.2, 0) is 11.3 Å². The van der Waals surface area contributed by atoms with Crippen molar-refractivity contribution in [1.29, 1.82) is 0 Å². The van der Waals surface area contributed by atoms with Crippen LogP contribution in [0.25, 0.3) is 0 Å². The van der Waals surface area contributed by atoms with Crippen LogP contribution in [0.3, 0.4) is 0 Å². The summed E-state index contributed by atoms with van der Waals surface area (Å²) < 4.78 is 10.7. The summed E-state index contributed by atoms with van der Waals surface area (Å²) in [5, 5.41) is 0. The van der Waals surface area contributed by atoms with Gasteiger partial charge in [0.25, 0.3) is 0 Å². The van der Waals surface area contributed by atoms with E-state index in [2.05, 4.69) is 13.8 Å². The summed E-state index contributed by atoms with van der Waals surface area (Å²) in [5.41, 5.74) is 7.02. The monoisotopic (exact) mass is 223 g/mol. The smallest absolute Gasteiger partial charge is 0.119 e. The molecule has 1 unspecified atom stereocenters. The third-order valence-electron chi connectivity index (χ3n) is 2.51. The van der Waals surface area contributed by atoms with Crippen LogP contribution in [0.4, 0.5) is 0 Å². The molecule has 1 rings (SSSR count). The van der Waals surface area contributed by atoms with Crippen molar-refractivity contribution in [3.8, 4) is 5.75 Å². The normalized spacial score (nSPS) is 12.8. The van der Waals surface area contributed by atoms with Crippen LogP contribution in [0.2, 0.25) is 0 Å². The van der Waals surface area contributed by atoms with Crippen LogP contribution in [-0.4, -0.2) is 19.8 Å². The van der Waals surface area contributed by atoms with Gasteiger partial charge in [0.2, 0.25) is 0 Å². The molecule has 0 fully saturated rings. The zero-order valence-corrected chi connectivity index (χ0v) is 10.3. The topological polar surface area (TPSA) is 44.5 Å². The minimum atomic E-state index is 0.0751. The molecule has 0 saturated heterocycles. The first-order valence-electron chi connectivity index (χ1n) is 5.59. The van der Waals surface area contributed by atoms with Gasteiger partial charge in [-0.1, -0.05) is 26.0 Å². The minimum absolute atomic E-state index is 0.0751. The average Bonchev–Trinajstić information content (AvgIpc) is 2.26. The van der Waals surface area contributed by atoms with E-state index < -0.39 is 0 Å². The van der Waals surface area contributed by atoms with E-state index in [-0.39, 0.29) is 6.04 Å². The van der Waals surface area contributed by atoms with Crippen LogP contribution >= 0.6 is 0 Å². The van der Waals surface area contributed by atoms with E-state index in [1.807, 2.05) is 24.3 Å². The molecule has 0 aliphatic rings. The maximum Gasteiger partial charge on any atom is 0.119 e. The van der Waals surface area contributed by atoms with Crippen molar-refractivity contribution in [2.75, 3.05) is 13.7 Å². The van der Waals surface area contributed by atoms with Crippen molar-refractivity contribution in [1.82, 2.24) is 0 Å². The van der Waals surface area contributed by atoms with E-state index in [1.54, 1.807) is 7.11 Å². The van der Waals surface area contributed by atoms with Gasteiger partial charge in [-0.25, -0.2) is 0 Å². The Morgan fingerprint density at radius 2 is 2.06 bits per heavy atom. The van der Waals surface area contributed by atoms with E-state index in [9.17, 15) is 0 Å². The lowest BCUT2D eigenvalue weighted by Gasteiger charge is -2.16. The number of hydrogen-bond acceptors (Lipinski definition) is 3. The van der Waals surface area contributed by atoms with Gasteiger partial charge in [0.1, 0.15) is 12.4 Å². The largest absolute Gasteiger partial charge is 0.492 e. The van der Waals surface area contributed by atoms with Crippen molar-refractivity contribution in [3.05, 3.63) is 29.8 Å². The lowest BCUT2D eigenvalue weighted by molar-refractivity contribution is 0.184. The zero-order chi connectivity index (χ0) is 12.0.